The van der Waals surface area contributed by atoms with Crippen molar-refractivity contribution >= 4 is 27.9 Å². The number of carbonyl (C=O) groups excluding carboxylic acids is 1. The lowest BCUT2D eigenvalue weighted by Gasteiger charge is -2.45. The normalized spacial score (nSPS) is 19.5. The number of hydrogen-bond acceptors (Lipinski definition) is 5. The molecule has 1 amide bonds. The number of benzene rings is 3. The van der Waals surface area contributed by atoms with E-state index in [0.717, 1.165) is 47.8 Å². The van der Waals surface area contributed by atoms with Gasteiger partial charge in [0, 0.05) is 66.3 Å². The third kappa shape index (κ3) is 6.12. The molecule has 2 aromatic heterocycles. The van der Waals surface area contributed by atoms with Gasteiger partial charge >= 0.3 is 6.09 Å². The summed E-state index contributed by atoms with van der Waals surface area (Å²) in [5, 5.41) is 14.8. The van der Waals surface area contributed by atoms with Crippen LogP contribution in [0.15, 0.2) is 79.1 Å². The summed E-state index contributed by atoms with van der Waals surface area (Å²) in [5.74, 6) is 1.22. The van der Waals surface area contributed by atoms with E-state index in [1.54, 1.807) is 12.1 Å². The van der Waals surface area contributed by atoms with Crippen molar-refractivity contribution in [3.05, 3.63) is 101 Å². The number of likely N-dealkylation sites (N-methyl/N-ethyl adjacent to an activating group) is 1. The van der Waals surface area contributed by atoms with Gasteiger partial charge in [0.2, 0.25) is 0 Å². The summed E-state index contributed by atoms with van der Waals surface area (Å²) in [5.41, 5.74) is 12.9. The van der Waals surface area contributed by atoms with Crippen LogP contribution in [-0.4, -0.2) is 58.4 Å². The molecular weight excluding hydrogens is 538 g/mol. The van der Waals surface area contributed by atoms with E-state index in [-0.39, 0.29) is 6.09 Å². The number of aromatic amines is 1. The number of alkyl carbamates (subject to hydrolysis) is 1. The Morgan fingerprint density at radius 2 is 1.95 bits per heavy atom. The molecule has 1 fully saturated rings. The molecule has 1 saturated heterocycles. The largest absolute Gasteiger partial charge is 0.508 e. The number of aromatic hydroxyl groups is 1. The number of nitrogens with zero attached hydrogens (tertiary/aromatic N) is 2. The van der Waals surface area contributed by atoms with Crippen LogP contribution in [0, 0.1) is 5.92 Å². The summed E-state index contributed by atoms with van der Waals surface area (Å²) in [6, 6.07) is 22.3. The minimum Gasteiger partial charge on any atom is -0.508 e. The van der Waals surface area contributed by atoms with E-state index in [2.05, 4.69) is 58.3 Å². The van der Waals surface area contributed by atoms with Crippen molar-refractivity contribution in [1.29, 1.82) is 0 Å². The van der Waals surface area contributed by atoms with E-state index in [1.807, 2.05) is 42.6 Å². The van der Waals surface area contributed by atoms with Gasteiger partial charge in [-0.15, -0.1) is 0 Å². The predicted octanol–water partition coefficient (Wildman–Crippen LogP) is 5.44. The molecule has 2 aliphatic rings. The molecule has 1 aliphatic heterocycles. The molecule has 5 aromatic rings. The van der Waals surface area contributed by atoms with Gasteiger partial charge in [-0.3, -0.25) is 0 Å². The molecule has 0 radical (unpaired) electrons. The highest BCUT2D eigenvalue weighted by Crippen LogP contribution is 2.44. The van der Waals surface area contributed by atoms with Crippen LogP contribution in [0.4, 0.5) is 4.79 Å². The van der Waals surface area contributed by atoms with E-state index >= 15 is 0 Å². The number of likely N-dealkylation sites (tertiary alicyclic amines) is 1. The fourth-order valence-corrected chi connectivity index (χ4v) is 7.01. The van der Waals surface area contributed by atoms with Crippen molar-refractivity contribution < 1.29 is 14.6 Å². The van der Waals surface area contributed by atoms with Gasteiger partial charge in [0.05, 0.1) is 0 Å². The third-order valence-electron chi connectivity index (χ3n) is 9.03. The summed E-state index contributed by atoms with van der Waals surface area (Å²) in [4.78, 5) is 17.8. The SMILES string of the molecule is CN1C[C@H](CNC(=O)OCc2ccccc2)C[C@@H]2c3cccc4c3c(cn4C)C[C@H]21.NCCc1c[nH]c2ccc(O)cc12. The van der Waals surface area contributed by atoms with Gasteiger partial charge < -0.3 is 35.3 Å². The number of hydrogen-bond donors (Lipinski definition) is 4. The van der Waals surface area contributed by atoms with E-state index in [9.17, 15) is 9.90 Å². The number of nitrogens with one attached hydrogen (secondary N) is 2. The van der Waals surface area contributed by atoms with Crippen LogP contribution < -0.4 is 11.1 Å². The summed E-state index contributed by atoms with van der Waals surface area (Å²) in [6.07, 6.45) is 6.95. The highest BCUT2D eigenvalue weighted by molar-refractivity contribution is 5.89. The van der Waals surface area contributed by atoms with E-state index in [0.29, 0.717) is 43.3 Å². The van der Waals surface area contributed by atoms with Crippen LogP contribution in [-0.2, 0) is 31.2 Å². The zero-order valence-electron chi connectivity index (χ0n) is 24.9. The topological polar surface area (TPSA) is 109 Å². The molecule has 7 rings (SSSR count). The molecule has 5 N–H and O–H groups in total. The number of aryl methyl sites for hydroxylation is 1. The number of carbonyl (C=O) groups is 1. The maximum absolute atomic E-state index is 12.2. The Hall–Kier alpha value is -4.27. The number of amides is 1. The molecule has 0 bridgehead atoms. The zero-order chi connectivity index (χ0) is 29.9. The maximum atomic E-state index is 12.2. The van der Waals surface area contributed by atoms with Crippen LogP contribution in [0.5, 0.6) is 5.75 Å². The smallest absolute Gasteiger partial charge is 0.407 e. The number of aromatic nitrogens is 2. The molecule has 224 valence electrons. The van der Waals surface area contributed by atoms with Crippen LogP contribution in [0.3, 0.4) is 0 Å². The summed E-state index contributed by atoms with van der Waals surface area (Å²) < 4.78 is 7.64. The molecule has 1 aliphatic carbocycles. The van der Waals surface area contributed by atoms with Gasteiger partial charge in [-0.25, -0.2) is 4.79 Å². The number of piperidine rings is 1. The quantitative estimate of drug-likeness (QED) is 0.214. The Bertz CT molecular complexity index is 1710. The summed E-state index contributed by atoms with van der Waals surface area (Å²) in [7, 11) is 4.37. The van der Waals surface area contributed by atoms with Crippen LogP contribution in [0.25, 0.3) is 21.8 Å². The molecule has 3 atom stereocenters. The first kappa shape index (κ1) is 28.8. The van der Waals surface area contributed by atoms with Crippen molar-refractivity contribution in [1.82, 2.24) is 19.8 Å². The first-order chi connectivity index (χ1) is 20.9. The summed E-state index contributed by atoms with van der Waals surface area (Å²) in [6.45, 7) is 2.58. The molecule has 8 nitrogen and oxygen atoms in total. The van der Waals surface area contributed by atoms with E-state index in [1.165, 1.54) is 22.0 Å². The molecular formula is C35H41N5O3. The van der Waals surface area contributed by atoms with Crippen molar-refractivity contribution in [3.8, 4) is 5.75 Å². The minimum absolute atomic E-state index is 0.297. The molecule has 43 heavy (non-hydrogen) atoms. The summed E-state index contributed by atoms with van der Waals surface area (Å²) >= 11 is 0. The average molecular weight is 580 g/mol. The predicted molar refractivity (Wildman–Crippen MR) is 171 cm³/mol. The standard InChI is InChI=1S/C25H29N3O2.C10H12N2O/c1-27-14-18(13-26-25(29)30-16-17-7-4-3-5-8-17)11-21-20-9-6-10-22-24(20)19(12-23(21)27)15-28(22)2;11-4-3-7-6-12-10-2-1-8(13)5-9(7)10/h3-10,15,18,21,23H,11-14,16H2,1-2H3,(H,26,29);1-2,5-6,12-13H,3-4,11H2/t18-,21+,23+;/m0./s1. The van der Waals surface area contributed by atoms with Gasteiger partial charge in [-0.05, 0) is 85.3 Å². The Kier molecular flexibility index (Phi) is 8.40. The number of phenolic OH excluding ortho intramolecular Hbond substituents is 1. The first-order valence-electron chi connectivity index (χ1n) is 15.1. The zero-order valence-corrected chi connectivity index (χ0v) is 24.9. The molecule has 3 heterocycles. The lowest BCUT2D eigenvalue weighted by molar-refractivity contribution is 0.104. The van der Waals surface area contributed by atoms with Gasteiger partial charge in [0.25, 0.3) is 0 Å². The van der Waals surface area contributed by atoms with Crippen molar-refractivity contribution in [2.24, 2.45) is 18.7 Å². The third-order valence-corrected chi connectivity index (χ3v) is 9.03. The van der Waals surface area contributed by atoms with Gasteiger partial charge in [-0.2, -0.15) is 0 Å². The van der Waals surface area contributed by atoms with Crippen LogP contribution in [0.1, 0.15) is 34.6 Å². The van der Waals surface area contributed by atoms with Gasteiger partial charge in [0.15, 0.2) is 0 Å². The fourth-order valence-electron chi connectivity index (χ4n) is 7.01. The Morgan fingerprint density at radius 1 is 1.12 bits per heavy atom. The van der Waals surface area contributed by atoms with E-state index < -0.39 is 0 Å². The Morgan fingerprint density at radius 3 is 2.77 bits per heavy atom. The lowest BCUT2D eigenvalue weighted by Crippen LogP contribution is -2.50. The Balaban J connectivity index is 0.000000211. The number of nitrogens with two attached hydrogens (primary N) is 1. The highest BCUT2D eigenvalue weighted by atomic mass is 16.5. The van der Waals surface area contributed by atoms with Crippen molar-refractivity contribution in [3.63, 3.8) is 0 Å². The number of H-pyrrole nitrogens is 1. The molecule has 0 spiro atoms. The Labute approximate surface area is 252 Å². The number of rotatable bonds is 6. The number of fused-ring (bicyclic) bond motifs is 3. The highest BCUT2D eigenvalue weighted by Gasteiger charge is 2.39. The van der Waals surface area contributed by atoms with E-state index in [4.69, 9.17) is 10.5 Å². The maximum Gasteiger partial charge on any atom is 0.407 e. The van der Waals surface area contributed by atoms with Gasteiger partial charge in [0.1, 0.15) is 12.4 Å². The molecule has 0 saturated carbocycles. The molecule has 3 aromatic carbocycles. The second kappa shape index (κ2) is 12.5. The lowest BCUT2D eigenvalue weighted by atomic mass is 9.72. The van der Waals surface area contributed by atoms with Crippen LogP contribution >= 0.6 is 0 Å². The fraction of sp³-hybridized carbons (Fsp3) is 0.343. The molecule has 8 heteroatoms. The second-order valence-corrected chi connectivity index (χ2v) is 12.0. The first-order valence-corrected chi connectivity index (χ1v) is 15.1. The van der Waals surface area contributed by atoms with Crippen LogP contribution in [0.2, 0.25) is 0 Å². The minimum atomic E-state index is -0.334. The monoisotopic (exact) mass is 579 g/mol. The van der Waals surface area contributed by atoms with Gasteiger partial charge in [-0.1, -0.05) is 42.5 Å². The average Bonchev–Trinajstić information content (AvgIpc) is 3.57. The molecule has 0 unspecified atom stereocenters. The van der Waals surface area contributed by atoms with Crippen molar-refractivity contribution in [2.45, 2.75) is 37.8 Å². The van der Waals surface area contributed by atoms with Crippen molar-refractivity contribution in [2.75, 3.05) is 26.7 Å². The number of ether oxygens (including phenoxy) is 1. The number of phenols is 1. The second-order valence-electron chi connectivity index (χ2n) is 12.0.